The number of amides is 2. The predicted octanol–water partition coefficient (Wildman–Crippen LogP) is 1.99. The second-order valence-electron chi connectivity index (χ2n) is 12.5. The summed E-state index contributed by atoms with van der Waals surface area (Å²) in [5, 5.41) is 21.0. The van der Waals surface area contributed by atoms with Gasteiger partial charge in [-0.1, -0.05) is 0 Å². The van der Waals surface area contributed by atoms with Crippen molar-refractivity contribution < 1.29 is 34.1 Å². The normalized spacial score (nSPS) is 17.2. The van der Waals surface area contributed by atoms with Crippen LogP contribution in [0.2, 0.25) is 0 Å². The molecule has 2 amide bonds. The summed E-state index contributed by atoms with van der Waals surface area (Å²) in [6.07, 6.45) is 0. The molecule has 0 bridgehead atoms. The fourth-order valence-corrected chi connectivity index (χ4v) is 5.72. The van der Waals surface area contributed by atoms with Gasteiger partial charge in [-0.25, -0.2) is 0 Å². The number of likely N-dealkylation sites (N-methyl/N-ethyl adjacent to an activating group) is 2. The molecule has 4 rings (SSSR count). The molecule has 43 heavy (non-hydrogen) atoms. The molecule has 0 atom stereocenters. The molecule has 3 heterocycles. The van der Waals surface area contributed by atoms with Crippen LogP contribution in [0.15, 0.2) is 24.3 Å². The van der Waals surface area contributed by atoms with Gasteiger partial charge in [-0.2, -0.15) is 0 Å². The molecule has 2 saturated heterocycles. The lowest BCUT2D eigenvalue weighted by Gasteiger charge is -2.34. The van der Waals surface area contributed by atoms with Crippen LogP contribution in [0.4, 0.5) is 0 Å². The minimum Gasteiger partial charge on any atom is -0.497 e. The summed E-state index contributed by atoms with van der Waals surface area (Å²) in [4.78, 5) is 62.5. The van der Waals surface area contributed by atoms with E-state index in [1.807, 2.05) is 14.1 Å². The Hall–Kier alpha value is -3.90. The first-order chi connectivity index (χ1) is 20.1. The zero-order valence-electron chi connectivity index (χ0n) is 26.1. The molecular formula is C31H43N5O7. The van der Waals surface area contributed by atoms with Crippen LogP contribution < -0.4 is 4.74 Å². The summed E-state index contributed by atoms with van der Waals surface area (Å²) in [7, 11) is 5.44. The maximum absolute atomic E-state index is 14.6. The van der Waals surface area contributed by atoms with Crippen LogP contribution in [-0.4, -0.2) is 132 Å². The number of hydrogen-bond acceptors (Lipinski definition) is 7. The molecule has 1 aromatic heterocycles. The molecule has 1 aromatic carbocycles. The van der Waals surface area contributed by atoms with Gasteiger partial charge in [-0.15, -0.1) is 0 Å². The van der Waals surface area contributed by atoms with Gasteiger partial charge >= 0.3 is 11.9 Å². The first kappa shape index (κ1) is 32.0. The number of methoxy groups -OCH3 is 1. The fourth-order valence-electron chi connectivity index (χ4n) is 5.72. The molecule has 2 fully saturated rings. The number of aliphatic carboxylic acids is 2. The monoisotopic (exact) mass is 597 g/mol. The smallest absolute Gasteiger partial charge is 0.313 e. The summed E-state index contributed by atoms with van der Waals surface area (Å²) in [6, 6.07) is 6.76. The SMILES string of the molecule is COc1ccc(-n2c(C(=O)N3CCN(C)CC3)c(C(C)(C)C(=O)O)c(C(C)(C)C(=O)O)c2C(=O)N2CCN(C)CC2)cc1. The summed E-state index contributed by atoms with van der Waals surface area (Å²) in [5.41, 5.74) is -2.99. The number of carbonyl (C=O) groups excluding carboxylic acids is 2. The highest BCUT2D eigenvalue weighted by Gasteiger charge is 2.49. The van der Waals surface area contributed by atoms with Gasteiger partial charge in [0, 0.05) is 69.2 Å². The third kappa shape index (κ3) is 5.85. The standard InChI is InChI=1S/C31H43N5O7/c1-30(2,28(39)40)22-23(31(3,4)29(41)42)25(27(38)35-18-14-33(6)15-19-35)36(20-8-10-21(43-7)11-9-20)24(22)26(37)34-16-12-32(5)13-17-34/h8-11H,12-19H2,1-7H3,(H,39,40)(H,41,42). The van der Waals surface area contributed by atoms with Crippen LogP contribution in [0.25, 0.3) is 5.69 Å². The third-order valence-electron chi connectivity index (χ3n) is 8.81. The lowest BCUT2D eigenvalue weighted by atomic mass is 9.73. The maximum Gasteiger partial charge on any atom is 0.313 e. The van der Waals surface area contributed by atoms with E-state index in [1.54, 1.807) is 34.1 Å². The molecule has 12 heteroatoms. The Kier molecular flexibility index (Phi) is 8.94. The lowest BCUT2D eigenvalue weighted by Crippen LogP contribution is -2.48. The molecule has 2 aliphatic rings. The Labute approximate surface area is 252 Å². The molecular weight excluding hydrogens is 554 g/mol. The Morgan fingerprint density at radius 2 is 1.00 bits per heavy atom. The first-order valence-electron chi connectivity index (χ1n) is 14.5. The van der Waals surface area contributed by atoms with E-state index in [0.717, 1.165) is 0 Å². The van der Waals surface area contributed by atoms with Crippen LogP contribution in [-0.2, 0) is 20.4 Å². The van der Waals surface area contributed by atoms with Gasteiger partial charge in [-0.05, 0) is 66.1 Å². The van der Waals surface area contributed by atoms with Crippen LogP contribution >= 0.6 is 0 Å². The molecule has 0 saturated carbocycles. The number of nitrogens with zero attached hydrogens (tertiary/aromatic N) is 5. The summed E-state index contributed by atoms with van der Waals surface area (Å²) < 4.78 is 6.85. The van der Waals surface area contributed by atoms with E-state index in [1.165, 1.54) is 39.4 Å². The van der Waals surface area contributed by atoms with Gasteiger partial charge in [0.25, 0.3) is 11.8 Å². The van der Waals surface area contributed by atoms with E-state index in [4.69, 9.17) is 4.74 Å². The zero-order valence-corrected chi connectivity index (χ0v) is 26.1. The number of hydrogen-bond donors (Lipinski definition) is 2. The summed E-state index contributed by atoms with van der Waals surface area (Å²) in [6.45, 7) is 9.88. The van der Waals surface area contributed by atoms with E-state index in [0.29, 0.717) is 63.8 Å². The van der Waals surface area contributed by atoms with Crippen LogP contribution in [0.3, 0.4) is 0 Å². The topological polar surface area (TPSA) is 136 Å². The van der Waals surface area contributed by atoms with Gasteiger partial charge in [0.2, 0.25) is 0 Å². The number of aromatic nitrogens is 1. The highest BCUT2D eigenvalue weighted by Crippen LogP contribution is 2.44. The van der Waals surface area contributed by atoms with Crippen molar-refractivity contribution in [2.75, 3.05) is 73.6 Å². The van der Waals surface area contributed by atoms with Crippen LogP contribution in [0, 0.1) is 0 Å². The van der Waals surface area contributed by atoms with E-state index in [-0.39, 0.29) is 22.5 Å². The number of carbonyl (C=O) groups is 4. The van der Waals surface area contributed by atoms with Crippen molar-refractivity contribution in [3.8, 4) is 11.4 Å². The van der Waals surface area contributed by atoms with Gasteiger partial charge in [-0.3, -0.25) is 19.2 Å². The quantitative estimate of drug-likeness (QED) is 0.468. The lowest BCUT2D eigenvalue weighted by molar-refractivity contribution is -0.144. The van der Waals surface area contributed by atoms with E-state index < -0.39 is 34.6 Å². The van der Waals surface area contributed by atoms with Crippen molar-refractivity contribution in [1.29, 1.82) is 0 Å². The molecule has 0 aliphatic carbocycles. The fraction of sp³-hybridized carbons (Fsp3) is 0.548. The number of carboxylic acids is 2. The van der Waals surface area contributed by atoms with Gasteiger partial charge < -0.3 is 39.1 Å². The average molecular weight is 598 g/mol. The van der Waals surface area contributed by atoms with Crippen molar-refractivity contribution in [1.82, 2.24) is 24.2 Å². The van der Waals surface area contributed by atoms with Crippen molar-refractivity contribution >= 4 is 23.8 Å². The molecule has 12 nitrogen and oxygen atoms in total. The minimum atomic E-state index is -1.73. The van der Waals surface area contributed by atoms with Crippen molar-refractivity contribution in [2.24, 2.45) is 0 Å². The van der Waals surface area contributed by atoms with Crippen molar-refractivity contribution in [3.05, 3.63) is 46.8 Å². The Morgan fingerprint density at radius 3 is 1.30 bits per heavy atom. The van der Waals surface area contributed by atoms with Gasteiger partial charge in [0.1, 0.15) is 17.1 Å². The minimum absolute atomic E-state index is 0.0103. The summed E-state index contributed by atoms with van der Waals surface area (Å²) in [5.74, 6) is -2.84. The third-order valence-corrected chi connectivity index (χ3v) is 8.81. The van der Waals surface area contributed by atoms with Gasteiger partial charge in [0.05, 0.1) is 17.9 Å². The predicted molar refractivity (Wildman–Crippen MR) is 160 cm³/mol. The van der Waals surface area contributed by atoms with E-state index in [9.17, 15) is 29.4 Å². The number of rotatable bonds is 8. The molecule has 0 spiro atoms. The highest BCUT2D eigenvalue weighted by molar-refractivity contribution is 6.06. The van der Waals surface area contributed by atoms with Crippen molar-refractivity contribution in [2.45, 2.75) is 38.5 Å². The molecule has 0 unspecified atom stereocenters. The van der Waals surface area contributed by atoms with E-state index >= 15 is 0 Å². The van der Waals surface area contributed by atoms with E-state index in [2.05, 4.69) is 9.80 Å². The number of ether oxygens (including phenoxy) is 1. The molecule has 2 aromatic rings. The van der Waals surface area contributed by atoms with Crippen LogP contribution in [0.5, 0.6) is 5.75 Å². The number of benzene rings is 1. The summed E-state index contributed by atoms with van der Waals surface area (Å²) >= 11 is 0. The molecule has 0 radical (unpaired) electrons. The van der Waals surface area contributed by atoms with Crippen LogP contribution in [0.1, 0.15) is 59.8 Å². The average Bonchev–Trinajstić information content (AvgIpc) is 3.35. The van der Waals surface area contributed by atoms with Crippen molar-refractivity contribution in [3.63, 3.8) is 0 Å². The Bertz CT molecular complexity index is 1310. The zero-order chi connectivity index (χ0) is 31.9. The Balaban J connectivity index is 2.16. The second kappa shape index (κ2) is 12.0. The maximum atomic E-state index is 14.6. The largest absolute Gasteiger partial charge is 0.497 e. The Morgan fingerprint density at radius 1 is 0.651 bits per heavy atom. The molecule has 2 aliphatic heterocycles. The molecule has 234 valence electrons. The first-order valence-corrected chi connectivity index (χ1v) is 14.5. The second-order valence-corrected chi connectivity index (χ2v) is 12.5. The molecule has 2 N–H and O–H groups in total. The highest BCUT2D eigenvalue weighted by atomic mass is 16.5. The number of carboxylic acid groups (broad SMARTS) is 2. The van der Waals surface area contributed by atoms with Gasteiger partial charge in [0.15, 0.2) is 0 Å². The number of piperazine rings is 2.